The average Bonchev–Trinajstić information content (AvgIpc) is 2.37. The van der Waals surface area contributed by atoms with Gasteiger partial charge in [-0.3, -0.25) is 4.98 Å². The van der Waals surface area contributed by atoms with Crippen molar-refractivity contribution in [2.45, 2.75) is 18.4 Å². The second-order valence-corrected chi connectivity index (χ2v) is 6.86. The number of hydrogen-bond donors (Lipinski definition) is 1. The van der Waals surface area contributed by atoms with E-state index >= 15 is 0 Å². The zero-order valence-corrected chi connectivity index (χ0v) is 13.0. The number of benzene rings is 1. The third-order valence-corrected chi connectivity index (χ3v) is 4.55. The van der Waals surface area contributed by atoms with Crippen LogP contribution in [0.4, 0.5) is 4.39 Å². The van der Waals surface area contributed by atoms with Crippen LogP contribution in [-0.4, -0.2) is 13.4 Å². The van der Waals surface area contributed by atoms with Crippen LogP contribution >= 0.6 is 15.9 Å². The monoisotopic (exact) mass is 358 g/mol. The Labute approximate surface area is 125 Å². The molecular weight excluding hydrogens is 347 g/mol. The van der Waals surface area contributed by atoms with Crippen LogP contribution in [0.3, 0.4) is 0 Å². The molecule has 0 bridgehead atoms. The lowest BCUT2D eigenvalue weighted by Gasteiger charge is -2.08. The number of pyridine rings is 1. The highest BCUT2D eigenvalue weighted by atomic mass is 79.9. The lowest BCUT2D eigenvalue weighted by atomic mass is 10.2. The second kappa shape index (κ2) is 5.99. The van der Waals surface area contributed by atoms with Gasteiger partial charge in [0, 0.05) is 22.9 Å². The van der Waals surface area contributed by atoms with Crippen molar-refractivity contribution in [3.63, 3.8) is 0 Å². The number of aromatic nitrogens is 1. The van der Waals surface area contributed by atoms with Gasteiger partial charge in [0.15, 0.2) is 0 Å². The molecule has 0 atom stereocenters. The number of sulfonamides is 1. The number of aryl methyl sites for hydroxylation is 1. The third-order valence-electron chi connectivity index (χ3n) is 2.62. The van der Waals surface area contributed by atoms with E-state index in [-0.39, 0.29) is 11.4 Å². The fourth-order valence-corrected chi connectivity index (χ4v) is 2.96. The predicted octanol–water partition coefficient (Wildman–Crippen LogP) is 2.77. The lowest BCUT2D eigenvalue weighted by Crippen LogP contribution is -2.24. The van der Waals surface area contributed by atoms with Crippen molar-refractivity contribution in [3.05, 3.63) is 58.1 Å². The summed E-state index contributed by atoms with van der Waals surface area (Å²) in [6, 6.07) is 7.36. The van der Waals surface area contributed by atoms with Crippen LogP contribution in [0.5, 0.6) is 0 Å². The Kier molecular flexibility index (Phi) is 4.52. The largest absolute Gasteiger partial charge is 0.261 e. The number of nitrogens with zero attached hydrogens (tertiary/aromatic N) is 1. The molecule has 106 valence electrons. The van der Waals surface area contributed by atoms with Crippen LogP contribution in [0.15, 0.2) is 45.9 Å². The van der Waals surface area contributed by atoms with E-state index in [9.17, 15) is 12.8 Å². The molecule has 0 fully saturated rings. The van der Waals surface area contributed by atoms with Crippen molar-refractivity contribution < 1.29 is 12.8 Å². The minimum Gasteiger partial charge on any atom is -0.261 e. The summed E-state index contributed by atoms with van der Waals surface area (Å²) < 4.78 is 40.5. The fourth-order valence-electron chi connectivity index (χ4n) is 1.55. The smallest absolute Gasteiger partial charge is 0.243 e. The molecule has 0 saturated heterocycles. The first-order valence-corrected chi connectivity index (χ1v) is 8.02. The van der Waals surface area contributed by atoms with E-state index in [1.165, 1.54) is 12.1 Å². The fraction of sp³-hybridized carbons (Fsp3) is 0.154. The van der Waals surface area contributed by atoms with E-state index in [0.29, 0.717) is 10.0 Å². The quantitative estimate of drug-likeness (QED) is 0.913. The predicted molar refractivity (Wildman–Crippen MR) is 77.1 cm³/mol. The Balaban J connectivity index is 2.17. The lowest BCUT2D eigenvalue weighted by molar-refractivity contribution is 0.556. The molecule has 1 N–H and O–H groups in total. The van der Waals surface area contributed by atoms with Gasteiger partial charge in [0.1, 0.15) is 10.7 Å². The molecule has 1 heterocycles. The molecule has 1 aromatic carbocycles. The van der Waals surface area contributed by atoms with Crippen LogP contribution in [0.25, 0.3) is 0 Å². The maximum atomic E-state index is 13.7. The van der Waals surface area contributed by atoms with E-state index in [4.69, 9.17) is 0 Å². The van der Waals surface area contributed by atoms with Gasteiger partial charge in [-0.15, -0.1) is 0 Å². The molecule has 0 unspecified atom stereocenters. The molecule has 7 heteroatoms. The molecule has 2 rings (SSSR count). The van der Waals surface area contributed by atoms with E-state index in [1.54, 1.807) is 18.3 Å². The molecule has 1 aromatic heterocycles. The van der Waals surface area contributed by atoms with Gasteiger partial charge in [-0.2, -0.15) is 0 Å². The molecular formula is C13H12BrFN2O2S. The normalized spacial score (nSPS) is 11.6. The van der Waals surface area contributed by atoms with E-state index in [2.05, 4.69) is 25.6 Å². The Morgan fingerprint density at radius 1 is 1.30 bits per heavy atom. The van der Waals surface area contributed by atoms with Crippen molar-refractivity contribution in [2.75, 3.05) is 0 Å². The first kappa shape index (κ1) is 15.1. The summed E-state index contributed by atoms with van der Waals surface area (Å²) in [7, 11) is -3.89. The summed E-state index contributed by atoms with van der Waals surface area (Å²) in [6.07, 6.45) is 1.58. The molecule has 0 aliphatic carbocycles. The van der Waals surface area contributed by atoms with E-state index in [0.717, 1.165) is 11.8 Å². The molecule has 0 aliphatic rings. The molecule has 0 saturated carbocycles. The van der Waals surface area contributed by atoms with Gasteiger partial charge in [-0.1, -0.05) is 22.0 Å². The zero-order chi connectivity index (χ0) is 14.8. The Morgan fingerprint density at radius 3 is 2.65 bits per heavy atom. The van der Waals surface area contributed by atoms with Gasteiger partial charge in [0.2, 0.25) is 10.0 Å². The van der Waals surface area contributed by atoms with Gasteiger partial charge >= 0.3 is 0 Å². The molecule has 20 heavy (non-hydrogen) atoms. The number of halogens is 2. The maximum Gasteiger partial charge on any atom is 0.243 e. The van der Waals surface area contributed by atoms with Crippen molar-refractivity contribution >= 4 is 26.0 Å². The van der Waals surface area contributed by atoms with Crippen LogP contribution < -0.4 is 4.72 Å². The van der Waals surface area contributed by atoms with Gasteiger partial charge in [-0.25, -0.2) is 17.5 Å². The molecule has 2 aromatic rings. The first-order chi connectivity index (χ1) is 9.38. The SMILES string of the molecule is Cc1ccc(CNS(=O)(=O)c2ccc(Br)cc2F)cn1. The van der Waals surface area contributed by atoms with Gasteiger partial charge < -0.3 is 0 Å². The standard InChI is InChI=1S/C13H12BrFN2O2S/c1-9-2-3-10(7-16-9)8-17-20(18,19)13-5-4-11(14)6-12(13)15/h2-7,17H,8H2,1H3. The molecule has 0 spiro atoms. The van der Waals surface area contributed by atoms with Crippen molar-refractivity contribution in [3.8, 4) is 0 Å². The first-order valence-electron chi connectivity index (χ1n) is 5.75. The topological polar surface area (TPSA) is 59.1 Å². The van der Waals surface area contributed by atoms with Gasteiger partial charge in [-0.05, 0) is 36.8 Å². The number of hydrogen-bond acceptors (Lipinski definition) is 3. The van der Waals surface area contributed by atoms with E-state index < -0.39 is 15.8 Å². The Hall–Kier alpha value is -1.31. The van der Waals surface area contributed by atoms with Gasteiger partial charge in [0.05, 0.1) is 0 Å². The summed E-state index contributed by atoms with van der Waals surface area (Å²) in [5.74, 6) is -0.797. The Morgan fingerprint density at radius 2 is 2.05 bits per heavy atom. The average molecular weight is 359 g/mol. The van der Waals surface area contributed by atoms with Crippen LogP contribution in [-0.2, 0) is 16.6 Å². The van der Waals surface area contributed by atoms with Crippen LogP contribution in [0.2, 0.25) is 0 Å². The summed E-state index contributed by atoms with van der Waals surface area (Å²) in [5, 5.41) is 0. The highest BCUT2D eigenvalue weighted by Gasteiger charge is 2.18. The second-order valence-electron chi connectivity index (χ2n) is 4.21. The summed E-state index contributed by atoms with van der Waals surface area (Å²) in [4.78, 5) is 3.69. The van der Waals surface area contributed by atoms with Crippen LogP contribution in [0, 0.1) is 12.7 Å². The highest BCUT2D eigenvalue weighted by molar-refractivity contribution is 9.10. The van der Waals surface area contributed by atoms with E-state index in [1.807, 2.05) is 6.92 Å². The zero-order valence-electron chi connectivity index (χ0n) is 10.6. The third kappa shape index (κ3) is 3.62. The van der Waals surface area contributed by atoms with Crippen molar-refractivity contribution in [2.24, 2.45) is 0 Å². The molecule has 4 nitrogen and oxygen atoms in total. The van der Waals surface area contributed by atoms with Crippen molar-refractivity contribution in [1.82, 2.24) is 9.71 Å². The van der Waals surface area contributed by atoms with Gasteiger partial charge in [0.25, 0.3) is 0 Å². The maximum absolute atomic E-state index is 13.7. The minimum atomic E-state index is -3.89. The molecule has 0 aliphatic heterocycles. The highest BCUT2D eigenvalue weighted by Crippen LogP contribution is 2.19. The minimum absolute atomic E-state index is 0.0606. The molecule has 0 radical (unpaired) electrons. The summed E-state index contributed by atoms with van der Waals surface area (Å²) in [6.45, 7) is 1.90. The summed E-state index contributed by atoms with van der Waals surface area (Å²) >= 11 is 3.08. The number of rotatable bonds is 4. The summed E-state index contributed by atoms with van der Waals surface area (Å²) in [5.41, 5.74) is 1.55. The van der Waals surface area contributed by atoms with Crippen LogP contribution in [0.1, 0.15) is 11.3 Å². The van der Waals surface area contributed by atoms with Crippen molar-refractivity contribution in [1.29, 1.82) is 0 Å². The number of nitrogens with one attached hydrogen (secondary N) is 1. The molecule has 0 amide bonds. The Bertz CT molecular complexity index is 718.